The number of benzene rings is 2. The normalized spacial score (nSPS) is 16.6. The minimum Gasteiger partial charge on any atom is -0.493 e. The zero-order chi connectivity index (χ0) is 28.1. The maximum absolute atomic E-state index is 12.9. The number of rotatable bonds is 8. The number of carbonyl (C=O) groups is 4. The summed E-state index contributed by atoms with van der Waals surface area (Å²) in [5.41, 5.74) is 2.01. The number of thioether (sulfide) groups is 1. The lowest BCUT2D eigenvalue weighted by Gasteiger charge is -2.27. The van der Waals surface area contributed by atoms with E-state index in [4.69, 9.17) is 21.1 Å². The Kier molecular flexibility index (Phi) is 9.58. The zero-order valence-electron chi connectivity index (χ0n) is 21.4. The molecule has 0 radical (unpaired) electrons. The van der Waals surface area contributed by atoms with E-state index in [2.05, 4.69) is 21.2 Å². The largest absolute Gasteiger partial charge is 0.493 e. The van der Waals surface area contributed by atoms with Crippen LogP contribution in [-0.2, 0) is 14.4 Å². The van der Waals surface area contributed by atoms with E-state index < -0.39 is 11.1 Å². The van der Waals surface area contributed by atoms with Crippen molar-refractivity contribution in [2.75, 3.05) is 38.7 Å². The molecule has 0 unspecified atom stereocenters. The number of ether oxygens (including phenoxy) is 2. The van der Waals surface area contributed by atoms with Crippen LogP contribution in [0.3, 0.4) is 0 Å². The van der Waals surface area contributed by atoms with Crippen LogP contribution in [0.2, 0.25) is 5.02 Å². The van der Waals surface area contributed by atoms with Crippen molar-refractivity contribution in [3.63, 3.8) is 0 Å². The number of methoxy groups -OCH3 is 1. The Hall–Kier alpha value is -3.02. The molecule has 4 rings (SSSR count). The fourth-order valence-corrected chi connectivity index (χ4v) is 5.73. The number of halogens is 2. The number of nitrogens with one attached hydrogen (secondary N) is 1. The first kappa shape index (κ1) is 29.0. The molecule has 2 heterocycles. The van der Waals surface area contributed by atoms with Crippen molar-refractivity contribution in [3.8, 4) is 11.5 Å². The summed E-state index contributed by atoms with van der Waals surface area (Å²) < 4.78 is 11.6. The Bertz CT molecular complexity index is 1350. The van der Waals surface area contributed by atoms with Crippen molar-refractivity contribution in [1.29, 1.82) is 0 Å². The van der Waals surface area contributed by atoms with Crippen LogP contribution in [-0.4, -0.2) is 66.1 Å². The maximum Gasteiger partial charge on any atom is 0.294 e. The van der Waals surface area contributed by atoms with Gasteiger partial charge >= 0.3 is 0 Å². The van der Waals surface area contributed by atoms with Crippen LogP contribution in [0.15, 0.2) is 39.7 Å². The van der Waals surface area contributed by atoms with Crippen molar-refractivity contribution in [2.45, 2.75) is 26.2 Å². The fraction of sp³-hybridized carbons (Fsp3) is 0.333. The molecule has 1 N–H and O–H groups in total. The van der Waals surface area contributed by atoms with Crippen LogP contribution < -0.4 is 14.8 Å². The summed E-state index contributed by atoms with van der Waals surface area (Å²) >= 11 is 10.3. The van der Waals surface area contributed by atoms with E-state index in [9.17, 15) is 19.2 Å². The summed E-state index contributed by atoms with van der Waals surface area (Å²) in [4.78, 5) is 53.4. The molecule has 0 bridgehead atoms. The maximum atomic E-state index is 12.9. The molecule has 39 heavy (non-hydrogen) atoms. The SMILES string of the molecule is COc1cc(/C=C2\SC(=O)N(CC(=O)N3CCCCC3)C2=O)cc(Br)c1OCC(=O)Nc1ccc(C)c(Cl)c1. The highest BCUT2D eigenvalue weighted by atomic mass is 79.9. The van der Waals surface area contributed by atoms with Gasteiger partial charge in [0.2, 0.25) is 5.91 Å². The van der Waals surface area contributed by atoms with Gasteiger partial charge in [0.1, 0.15) is 6.54 Å². The van der Waals surface area contributed by atoms with E-state index in [0.717, 1.165) is 41.5 Å². The number of piperidine rings is 1. The van der Waals surface area contributed by atoms with Gasteiger partial charge in [-0.3, -0.25) is 24.1 Å². The molecule has 0 saturated carbocycles. The smallest absolute Gasteiger partial charge is 0.294 e. The van der Waals surface area contributed by atoms with Crippen LogP contribution in [0.25, 0.3) is 6.08 Å². The Labute approximate surface area is 243 Å². The van der Waals surface area contributed by atoms with Gasteiger partial charge in [0.25, 0.3) is 17.1 Å². The van der Waals surface area contributed by atoms with Gasteiger partial charge in [-0.25, -0.2) is 0 Å². The lowest BCUT2D eigenvalue weighted by atomic mass is 10.1. The third kappa shape index (κ3) is 7.14. The van der Waals surface area contributed by atoms with Gasteiger partial charge in [-0.2, -0.15) is 0 Å². The molecular formula is C27H27BrClN3O6S. The van der Waals surface area contributed by atoms with E-state index in [1.165, 1.54) is 7.11 Å². The number of anilines is 1. The summed E-state index contributed by atoms with van der Waals surface area (Å²) in [6.45, 7) is 2.61. The fourth-order valence-electron chi connectivity index (χ4n) is 4.13. The van der Waals surface area contributed by atoms with Crippen molar-refractivity contribution >= 4 is 74.0 Å². The molecular weight excluding hydrogens is 610 g/mol. The molecule has 2 aromatic carbocycles. The van der Waals surface area contributed by atoms with Crippen LogP contribution >= 0.6 is 39.3 Å². The van der Waals surface area contributed by atoms with Gasteiger partial charge < -0.3 is 19.7 Å². The van der Waals surface area contributed by atoms with Crippen molar-refractivity contribution in [1.82, 2.24) is 9.80 Å². The van der Waals surface area contributed by atoms with Crippen molar-refractivity contribution in [3.05, 3.63) is 55.9 Å². The number of aryl methyl sites for hydroxylation is 1. The molecule has 206 valence electrons. The highest BCUT2D eigenvalue weighted by Crippen LogP contribution is 2.39. The predicted molar refractivity (Wildman–Crippen MR) is 154 cm³/mol. The van der Waals surface area contributed by atoms with Gasteiger partial charge in [0.05, 0.1) is 16.5 Å². The summed E-state index contributed by atoms with van der Waals surface area (Å²) in [5.74, 6) is -0.508. The van der Waals surface area contributed by atoms with E-state index in [1.54, 1.807) is 41.3 Å². The molecule has 2 aliphatic heterocycles. The van der Waals surface area contributed by atoms with Crippen LogP contribution in [0.4, 0.5) is 10.5 Å². The van der Waals surface area contributed by atoms with Gasteiger partial charge in [-0.15, -0.1) is 0 Å². The first-order valence-electron chi connectivity index (χ1n) is 12.3. The predicted octanol–water partition coefficient (Wildman–Crippen LogP) is 5.49. The topological polar surface area (TPSA) is 105 Å². The quantitative estimate of drug-likeness (QED) is 0.383. The van der Waals surface area contributed by atoms with Gasteiger partial charge in [0, 0.05) is 23.8 Å². The highest BCUT2D eigenvalue weighted by Gasteiger charge is 2.37. The Morgan fingerprint density at radius 2 is 1.90 bits per heavy atom. The van der Waals surface area contributed by atoms with E-state index >= 15 is 0 Å². The molecule has 4 amide bonds. The highest BCUT2D eigenvalue weighted by molar-refractivity contribution is 9.10. The summed E-state index contributed by atoms with van der Waals surface area (Å²) in [5, 5.41) is 2.79. The molecule has 2 aliphatic rings. The number of imide groups is 1. The Morgan fingerprint density at radius 3 is 2.59 bits per heavy atom. The molecule has 0 spiro atoms. The molecule has 0 atom stereocenters. The summed E-state index contributed by atoms with van der Waals surface area (Å²) in [6.07, 6.45) is 4.49. The first-order chi connectivity index (χ1) is 18.7. The van der Waals surface area contributed by atoms with Crippen molar-refractivity contribution in [2.24, 2.45) is 0 Å². The number of amides is 4. The third-order valence-corrected chi connectivity index (χ3v) is 8.13. The molecule has 2 saturated heterocycles. The minimum absolute atomic E-state index is 0.199. The lowest BCUT2D eigenvalue weighted by molar-refractivity contribution is -0.136. The second kappa shape index (κ2) is 12.9. The second-order valence-electron chi connectivity index (χ2n) is 9.04. The second-order valence-corrected chi connectivity index (χ2v) is 11.3. The van der Waals surface area contributed by atoms with E-state index in [1.807, 2.05) is 6.92 Å². The van der Waals surface area contributed by atoms with E-state index in [0.29, 0.717) is 45.3 Å². The number of carbonyl (C=O) groups excluding carboxylic acids is 4. The van der Waals surface area contributed by atoms with Crippen molar-refractivity contribution < 1.29 is 28.7 Å². The molecule has 2 aromatic rings. The Morgan fingerprint density at radius 1 is 1.15 bits per heavy atom. The average molecular weight is 637 g/mol. The standard InChI is InChI=1S/C27H27BrClN3O6S/c1-16-6-7-18(13-20(16)29)30-23(33)15-38-25-19(28)10-17(11-21(25)37-2)12-22-26(35)32(27(36)39-22)14-24(34)31-8-4-3-5-9-31/h6-7,10-13H,3-5,8-9,14-15H2,1-2H3,(H,30,33)/b22-12-. The Balaban J connectivity index is 1.42. The van der Waals surface area contributed by atoms with E-state index in [-0.39, 0.29) is 29.9 Å². The molecule has 12 heteroatoms. The first-order valence-corrected chi connectivity index (χ1v) is 14.2. The zero-order valence-corrected chi connectivity index (χ0v) is 24.6. The minimum atomic E-state index is -0.515. The van der Waals surface area contributed by atoms with Crippen LogP contribution in [0.1, 0.15) is 30.4 Å². The molecule has 0 aliphatic carbocycles. The van der Waals surface area contributed by atoms with Gasteiger partial charge in [0.15, 0.2) is 18.1 Å². The third-order valence-electron chi connectivity index (χ3n) is 6.23. The van der Waals surface area contributed by atoms with Gasteiger partial charge in [-0.1, -0.05) is 17.7 Å². The van der Waals surface area contributed by atoms with Crippen LogP contribution in [0.5, 0.6) is 11.5 Å². The molecule has 9 nitrogen and oxygen atoms in total. The summed E-state index contributed by atoms with van der Waals surface area (Å²) in [6, 6.07) is 8.52. The number of likely N-dealkylation sites (tertiary alicyclic amines) is 1. The number of nitrogens with zero attached hydrogens (tertiary/aromatic N) is 2. The summed E-state index contributed by atoms with van der Waals surface area (Å²) in [7, 11) is 1.45. The number of hydrogen-bond acceptors (Lipinski definition) is 7. The van der Waals surface area contributed by atoms with Crippen LogP contribution in [0, 0.1) is 6.92 Å². The lowest BCUT2D eigenvalue weighted by Crippen LogP contribution is -2.44. The number of hydrogen-bond donors (Lipinski definition) is 1. The monoisotopic (exact) mass is 635 g/mol. The van der Waals surface area contributed by atoms with Gasteiger partial charge in [-0.05, 0) is 95.3 Å². The molecule has 0 aromatic heterocycles. The average Bonchev–Trinajstić information content (AvgIpc) is 3.17. The molecule has 2 fully saturated rings.